The summed E-state index contributed by atoms with van der Waals surface area (Å²) in [7, 11) is 0. The van der Waals surface area contributed by atoms with E-state index in [-0.39, 0.29) is 48.2 Å². The van der Waals surface area contributed by atoms with Crippen LogP contribution in [-0.2, 0) is 41.8 Å². The van der Waals surface area contributed by atoms with E-state index in [0.717, 1.165) is 78.5 Å². The number of hydrogen-bond acceptors (Lipinski definition) is 7. The van der Waals surface area contributed by atoms with Crippen molar-refractivity contribution in [2.45, 2.75) is 111 Å². The van der Waals surface area contributed by atoms with Gasteiger partial charge in [-0.05, 0) is 124 Å². The minimum atomic E-state index is -0.988. The Balaban J connectivity index is 1.26. The van der Waals surface area contributed by atoms with Gasteiger partial charge >= 0.3 is 11.9 Å². The number of benzene rings is 3. The topological polar surface area (TPSA) is 156 Å². The van der Waals surface area contributed by atoms with Crippen molar-refractivity contribution in [2.24, 2.45) is 0 Å². The summed E-state index contributed by atoms with van der Waals surface area (Å²) in [4.78, 5) is 68.3. The molecule has 0 saturated carbocycles. The van der Waals surface area contributed by atoms with Gasteiger partial charge in [-0.1, -0.05) is 50.2 Å². The van der Waals surface area contributed by atoms with Gasteiger partial charge in [0.1, 0.15) is 5.00 Å². The van der Waals surface area contributed by atoms with E-state index in [4.69, 9.17) is 10.2 Å². The van der Waals surface area contributed by atoms with Gasteiger partial charge in [0.25, 0.3) is 11.8 Å². The van der Waals surface area contributed by atoms with Crippen molar-refractivity contribution in [1.29, 1.82) is 0 Å². The number of rotatable bonds is 20. The molecule has 58 heavy (non-hydrogen) atoms. The predicted molar refractivity (Wildman–Crippen MR) is 229 cm³/mol. The fraction of sp³-hybridized carbons (Fsp3) is 0.413. The summed E-state index contributed by atoms with van der Waals surface area (Å²) in [6.45, 7) is 9.81. The highest BCUT2D eigenvalue weighted by atomic mass is 32.1. The van der Waals surface area contributed by atoms with E-state index in [9.17, 15) is 24.0 Å². The van der Waals surface area contributed by atoms with Gasteiger partial charge in [-0.25, -0.2) is 4.79 Å². The number of carbonyl (C=O) groups is 5. The highest BCUT2D eigenvalue weighted by Gasteiger charge is 2.27. The highest BCUT2D eigenvalue weighted by Crippen LogP contribution is 2.39. The summed E-state index contributed by atoms with van der Waals surface area (Å²) < 4.78 is 0. The van der Waals surface area contributed by atoms with E-state index in [0.29, 0.717) is 41.4 Å². The molecule has 1 aromatic heterocycles. The third kappa shape index (κ3) is 11.9. The van der Waals surface area contributed by atoms with E-state index in [2.05, 4.69) is 29.4 Å². The Morgan fingerprint density at radius 2 is 1.40 bits per heavy atom. The maximum absolute atomic E-state index is 14.0. The Morgan fingerprint density at radius 1 is 0.741 bits per heavy atom. The van der Waals surface area contributed by atoms with E-state index in [1.165, 1.54) is 11.3 Å². The third-order valence-electron chi connectivity index (χ3n) is 10.9. The van der Waals surface area contributed by atoms with Crippen LogP contribution in [0.5, 0.6) is 0 Å². The molecule has 12 heteroatoms. The van der Waals surface area contributed by atoms with Crippen molar-refractivity contribution in [3.8, 4) is 0 Å². The van der Waals surface area contributed by atoms with Crippen LogP contribution >= 0.6 is 11.3 Å². The first kappa shape index (κ1) is 43.8. The summed E-state index contributed by atoms with van der Waals surface area (Å²) in [5.74, 6) is -2.65. The summed E-state index contributed by atoms with van der Waals surface area (Å²) in [6, 6.07) is 22.3. The molecule has 0 aliphatic heterocycles. The van der Waals surface area contributed by atoms with Crippen molar-refractivity contribution < 1.29 is 34.2 Å². The van der Waals surface area contributed by atoms with Crippen LogP contribution in [0.1, 0.15) is 124 Å². The number of thiophene rings is 1. The first-order chi connectivity index (χ1) is 27.9. The lowest BCUT2D eigenvalue weighted by Gasteiger charge is -2.34. The molecule has 1 aliphatic carbocycles. The van der Waals surface area contributed by atoms with E-state index in [1.54, 1.807) is 23.1 Å². The predicted octanol–water partition coefficient (Wildman–Crippen LogP) is 8.71. The smallest absolute Gasteiger partial charge is 0.335 e. The molecule has 11 nitrogen and oxygen atoms in total. The summed E-state index contributed by atoms with van der Waals surface area (Å²) in [5, 5.41) is 25.0. The zero-order valence-corrected chi connectivity index (χ0v) is 34.8. The average Bonchev–Trinajstić information content (AvgIpc) is 3.58. The van der Waals surface area contributed by atoms with Crippen LogP contribution in [-0.4, -0.2) is 74.8 Å². The Hall–Kier alpha value is -5.33. The molecule has 3 amide bonds. The van der Waals surface area contributed by atoms with Crippen LogP contribution in [0, 0.1) is 0 Å². The minimum Gasteiger partial charge on any atom is -0.481 e. The second-order valence-corrected chi connectivity index (χ2v) is 16.3. The molecular formula is C46H56N4O7S. The monoisotopic (exact) mass is 808 g/mol. The van der Waals surface area contributed by atoms with Crippen LogP contribution in [0.4, 0.5) is 10.7 Å². The number of nitrogens with zero attached hydrogens (tertiary/aromatic N) is 2. The van der Waals surface area contributed by atoms with Crippen LogP contribution < -0.4 is 10.6 Å². The number of carboxylic acids is 2. The van der Waals surface area contributed by atoms with Crippen LogP contribution in [0.3, 0.4) is 0 Å². The van der Waals surface area contributed by atoms with Gasteiger partial charge in [-0.3, -0.25) is 24.1 Å². The molecule has 4 N–H and O–H groups in total. The molecule has 0 atom stereocenters. The van der Waals surface area contributed by atoms with Crippen molar-refractivity contribution in [1.82, 2.24) is 9.80 Å². The fourth-order valence-electron chi connectivity index (χ4n) is 7.63. The molecule has 5 rings (SSSR count). The number of anilines is 2. The zero-order chi connectivity index (χ0) is 41.8. The molecular weight excluding hydrogens is 753 g/mol. The Bertz CT molecular complexity index is 2050. The molecule has 0 fully saturated rings. The molecule has 1 aliphatic rings. The van der Waals surface area contributed by atoms with Crippen molar-refractivity contribution in [3.05, 3.63) is 117 Å². The number of aliphatic carboxylic acids is 1. The van der Waals surface area contributed by atoms with Gasteiger partial charge in [-0.2, -0.15) is 0 Å². The summed E-state index contributed by atoms with van der Waals surface area (Å²) >= 11 is 1.48. The van der Waals surface area contributed by atoms with Gasteiger partial charge in [0.15, 0.2) is 0 Å². The van der Waals surface area contributed by atoms with Gasteiger partial charge in [0.05, 0.1) is 17.5 Å². The lowest BCUT2D eigenvalue weighted by Crippen LogP contribution is -2.45. The molecule has 4 aromatic rings. The number of nitrogens with one attached hydrogen (secondary N) is 2. The van der Waals surface area contributed by atoms with E-state index < -0.39 is 11.9 Å². The first-order valence-electron chi connectivity index (χ1n) is 20.4. The number of fused-ring (bicyclic) bond motifs is 1. The van der Waals surface area contributed by atoms with Gasteiger partial charge in [0, 0.05) is 54.3 Å². The fourth-order valence-corrected chi connectivity index (χ4v) is 8.91. The number of aryl methyl sites for hydroxylation is 3. The Kier molecular flexibility index (Phi) is 15.8. The third-order valence-corrected chi connectivity index (χ3v) is 12.1. The van der Waals surface area contributed by atoms with Crippen LogP contribution in [0.15, 0.2) is 72.8 Å². The zero-order valence-electron chi connectivity index (χ0n) is 34.0. The van der Waals surface area contributed by atoms with Crippen molar-refractivity contribution in [2.75, 3.05) is 23.7 Å². The number of aromatic carboxylic acids is 1. The molecule has 308 valence electrons. The molecule has 0 unspecified atom stereocenters. The number of carboxylic acid groups (broad SMARTS) is 2. The van der Waals surface area contributed by atoms with Gasteiger partial charge < -0.3 is 25.7 Å². The van der Waals surface area contributed by atoms with E-state index >= 15 is 0 Å². The Morgan fingerprint density at radius 3 is 2.02 bits per heavy atom. The second kappa shape index (κ2) is 20.9. The number of carbonyl (C=O) groups excluding carboxylic acids is 3. The quantitative estimate of drug-likeness (QED) is 0.0691. The van der Waals surface area contributed by atoms with Crippen molar-refractivity contribution in [3.63, 3.8) is 0 Å². The number of amides is 3. The molecule has 0 saturated heterocycles. The maximum Gasteiger partial charge on any atom is 0.335 e. The largest absolute Gasteiger partial charge is 0.481 e. The van der Waals surface area contributed by atoms with Crippen LogP contribution in [0.25, 0.3) is 0 Å². The summed E-state index contributed by atoms with van der Waals surface area (Å²) in [6.07, 6.45) is 6.77. The van der Waals surface area contributed by atoms with Crippen molar-refractivity contribution >= 4 is 51.7 Å². The van der Waals surface area contributed by atoms with Gasteiger partial charge in [0.2, 0.25) is 5.91 Å². The lowest BCUT2D eigenvalue weighted by molar-refractivity contribution is -0.141. The summed E-state index contributed by atoms with van der Waals surface area (Å²) in [5.41, 5.74) is 6.02. The Labute approximate surface area is 345 Å². The standard InChI is InChI=1S/C46H56N4O7S/c1-5-37(6-2)49(26-27-50(30(3)4)40(51)24-25-41(52)53)29-33-10-9-11-35(28-33)43(54)48-45-42(38-12-7-8-13-39(38)58-45)44(55)47-36-22-18-32(19-23-36)15-14-31-16-20-34(21-17-31)46(56)57/h9-11,16-23,28,30,37H,5-8,12-15,24-27,29H2,1-4H3,(H,47,55)(H,48,54)(H,52,53)(H,56,57). The minimum absolute atomic E-state index is 0.0314. The average molecular weight is 809 g/mol. The van der Waals surface area contributed by atoms with Crippen LogP contribution in [0.2, 0.25) is 0 Å². The maximum atomic E-state index is 14.0. The number of hydrogen-bond donors (Lipinski definition) is 4. The SMILES string of the molecule is CCC(CC)N(CCN(C(=O)CCC(=O)O)C(C)C)Cc1cccc(C(=O)Nc2sc3c(c2C(=O)Nc2ccc(CCc4ccc(C(=O)O)cc4)cc2)CCCC3)c1. The molecule has 0 spiro atoms. The van der Waals surface area contributed by atoms with E-state index in [1.807, 2.05) is 68.4 Å². The highest BCUT2D eigenvalue weighted by molar-refractivity contribution is 7.17. The molecule has 3 aromatic carbocycles. The molecule has 1 heterocycles. The normalized spacial score (nSPS) is 12.4. The first-order valence-corrected chi connectivity index (χ1v) is 21.2. The van der Waals surface area contributed by atoms with Gasteiger partial charge in [-0.15, -0.1) is 11.3 Å². The molecule has 0 radical (unpaired) electrons. The second-order valence-electron chi connectivity index (χ2n) is 15.2. The lowest BCUT2D eigenvalue weighted by atomic mass is 9.95. The molecule has 0 bridgehead atoms.